The van der Waals surface area contributed by atoms with Crippen LogP contribution in [0.5, 0.6) is 11.5 Å². The van der Waals surface area contributed by atoms with Crippen molar-refractivity contribution in [3.05, 3.63) is 69.0 Å². The number of carbonyl (C=O) groups excluding carboxylic acids is 2. The van der Waals surface area contributed by atoms with Gasteiger partial charge in [0.05, 0.1) is 75.0 Å². The molecule has 1 aliphatic carbocycles. The van der Waals surface area contributed by atoms with Crippen LogP contribution < -0.4 is 19.3 Å². The summed E-state index contributed by atoms with van der Waals surface area (Å²) in [6.07, 6.45) is -1.41. The van der Waals surface area contributed by atoms with Gasteiger partial charge in [-0.05, 0) is 74.9 Å². The number of rotatable bonds is 4. The fourth-order valence-corrected chi connectivity index (χ4v) is 10.5. The van der Waals surface area contributed by atoms with Gasteiger partial charge in [0.2, 0.25) is 0 Å². The van der Waals surface area contributed by atoms with Crippen molar-refractivity contribution in [1.29, 1.82) is 0 Å². The highest BCUT2D eigenvalue weighted by molar-refractivity contribution is 5.76. The van der Waals surface area contributed by atoms with Crippen molar-refractivity contribution >= 4 is 35.2 Å². The molecule has 0 atom stereocenters. The number of benzene rings is 2. The van der Waals surface area contributed by atoms with Crippen molar-refractivity contribution < 1.29 is 59.6 Å². The van der Waals surface area contributed by atoms with Crippen molar-refractivity contribution in [2.45, 2.75) is 137 Å². The maximum atomic E-state index is 13.7. The molecule has 0 spiro atoms. The summed E-state index contributed by atoms with van der Waals surface area (Å²) in [6.45, 7) is 15.1. The summed E-state index contributed by atoms with van der Waals surface area (Å²) in [6, 6.07) is 5.61. The topological polar surface area (TPSA) is 129 Å². The first-order valence-electron chi connectivity index (χ1n) is 25.2. The molecular weight excluding hydrogens is 951 g/mol. The number of aryl methyl sites for hydroxylation is 2. The molecule has 0 unspecified atom stereocenters. The van der Waals surface area contributed by atoms with Crippen LogP contribution in [0.3, 0.4) is 0 Å². The van der Waals surface area contributed by atoms with Gasteiger partial charge < -0.3 is 43.3 Å². The van der Waals surface area contributed by atoms with Gasteiger partial charge in [-0.3, -0.25) is 9.36 Å². The number of fused-ring (bicyclic) bond motifs is 4. The highest BCUT2D eigenvalue weighted by Gasteiger charge is 2.40. The summed E-state index contributed by atoms with van der Waals surface area (Å²) in [4.78, 5) is 31.4. The van der Waals surface area contributed by atoms with E-state index in [1.54, 1.807) is 14.7 Å². The highest BCUT2D eigenvalue weighted by Crippen LogP contribution is 2.47. The van der Waals surface area contributed by atoms with Gasteiger partial charge in [-0.1, -0.05) is 47.0 Å². The number of ether oxygens (including phenoxy) is 5. The molecule has 5 aliphatic heterocycles. The Bertz CT molecular complexity index is 2360. The second-order valence-electron chi connectivity index (χ2n) is 18.1. The van der Waals surface area contributed by atoms with Crippen molar-refractivity contribution in [1.82, 2.24) is 29.4 Å². The number of hydrogen-bond donors (Lipinski definition) is 0. The smallest absolute Gasteiger partial charge is 0.416 e. The van der Waals surface area contributed by atoms with E-state index in [1.807, 2.05) is 37.3 Å². The van der Waals surface area contributed by atoms with E-state index in [-0.39, 0.29) is 29.8 Å². The first-order valence-corrected chi connectivity index (χ1v) is 25.2. The Balaban J connectivity index is 0.000000198. The van der Waals surface area contributed by atoms with E-state index in [2.05, 4.69) is 4.68 Å². The van der Waals surface area contributed by atoms with Crippen LogP contribution >= 0.6 is 0 Å². The lowest BCUT2D eigenvalue weighted by atomic mass is 9.95. The summed E-state index contributed by atoms with van der Waals surface area (Å²) >= 11 is 0. The number of amides is 2. The maximum absolute atomic E-state index is 13.7. The van der Waals surface area contributed by atoms with Gasteiger partial charge in [0.1, 0.15) is 24.7 Å². The Kier molecular flexibility index (Phi) is 17.2. The standard InChI is InChI=1S/C24H29F3N4O3.C23H27F3N4O4.2C2H6/c1-15-12-21-20(13-18(15)24(25,26)27)30(10-11-34-21)22-17-14-29(23(32)33-2)9-8-19(17)31(28-22)16-6-4-3-5-7-16;1-14-11-20-19(12-17(14)23(24,25)26)29(7-10-34-20)21-16-13-28(22(31)32-2)6-3-18(16)30(27-21)15-4-8-33-9-5-15;2*1-2/h12-13,16H,3-11,14H2,1-2H3;11-12,15H,3-10,13H2,1-2H3;2*1-2H3. The monoisotopic (exact) mass is 1020 g/mol. The van der Waals surface area contributed by atoms with Gasteiger partial charge in [0, 0.05) is 61.7 Å². The summed E-state index contributed by atoms with van der Waals surface area (Å²) < 4.78 is 113. The van der Waals surface area contributed by atoms with Crippen LogP contribution in [-0.2, 0) is 52.5 Å². The van der Waals surface area contributed by atoms with Crippen LogP contribution in [0.1, 0.15) is 129 Å². The Hall–Kier alpha value is -5.86. The Morgan fingerprint density at radius 3 is 1.38 bits per heavy atom. The number of anilines is 4. The van der Waals surface area contributed by atoms with Gasteiger partial charge in [-0.2, -0.15) is 36.5 Å². The fourth-order valence-electron chi connectivity index (χ4n) is 10.5. The molecule has 72 heavy (non-hydrogen) atoms. The molecule has 1 saturated carbocycles. The van der Waals surface area contributed by atoms with Crippen molar-refractivity contribution in [2.24, 2.45) is 0 Å². The molecule has 4 aromatic rings. The Morgan fingerprint density at radius 1 is 0.583 bits per heavy atom. The van der Waals surface area contributed by atoms with E-state index in [4.69, 9.17) is 33.9 Å². The lowest BCUT2D eigenvalue weighted by Crippen LogP contribution is -2.37. The van der Waals surface area contributed by atoms with Gasteiger partial charge >= 0.3 is 24.5 Å². The Morgan fingerprint density at radius 2 is 0.986 bits per heavy atom. The molecule has 1 saturated heterocycles. The third-order valence-electron chi connectivity index (χ3n) is 13.9. The number of methoxy groups -OCH3 is 2. The molecule has 15 nitrogen and oxygen atoms in total. The molecule has 0 N–H and O–H groups in total. The number of hydrogen-bond acceptors (Lipinski definition) is 11. The molecule has 0 bridgehead atoms. The predicted octanol–water partition coefficient (Wildman–Crippen LogP) is 11.6. The zero-order valence-corrected chi connectivity index (χ0v) is 42.6. The third kappa shape index (κ3) is 11.0. The van der Waals surface area contributed by atoms with E-state index in [1.165, 1.54) is 46.6 Å². The number of nitrogens with zero attached hydrogens (tertiary/aromatic N) is 8. The molecule has 0 radical (unpaired) electrons. The Labute approximate surface area is 417 Å². The lowest BCUT2D eigenvalue weighted by molar-refractivity contribution is -0.138. The first kappa shape index (κ1) is 53.9. The van der Waals surface area contributed by atoms with Gasteiger partial charge in [-0.15, -0.1) is 0 Å². The average molecular weight is 1020 g/mol. The normalized spacial score (nSPS) is 18.0. The first-order chi connectivity index (χ1) is 34.5. The molecule has 21 heteroatoms. The molecule has 10 rings (SSSR count). The number of halogens is 6. The molecule has 7 heterocycles. The summed E-state index contributed by atoms with van der Waals surface area (Å²) in [7, 11) is 2.69. The summed E-state index contributed by atoms with van der Waals surface area (Å²) in [5.41, 5.74) is 3.34. The molecular formula is C51H68F6N8O7. The number of alkyl halides is 6. The van der Waals surface area contributed by atoms with Gasteiger partial charge in [0.25, 0.3) is 0 Å². The highest BCUT2D eigenvalue weighted by atomic mass is 19.4. The minimum Gasteiger partial charge on any atom is -0.490 e. The van der Waals surface area contributed by atoms with Crippen LogP contribution in [0.15, 0.2) is 24.3 Å². The van der Waals surface area contributed by atoms with Crippen LogP contribution in [0.25, 0.3) is 0 Å². The summed E-state index contributed by atoms with van der Waals surface area (Å²) in [5, 5.41) is 9.94. The van der Waals surface area contributed by atoms with Crippen molar-refractivity contribution in [3.63, 3.8) is 0 Å². The van der Waals surface area contributed by atoms with Gasteiger partial charge in [-0.25, -0.2) is 9.59 Å². The average Bonchev–Trinajstić information content (AvgIpc) is 3.97. The number of carbonyl (C=O) groups is 2. The zero-order chi connectivity index (χ0) is 52.1. The second kappa shape index (κ2) is 22.9. The quantitative estimate of drug-likeness (QED) is 0.181. The molecule has 2 amide bonds. The third-order valence-corrected chi connectivity index (χ3v) is 13.9. The van der Waals surface area contributed by atoms with Crippen LogP contribution in [0.2, 0.25) is 0 Å². The largest absolute Gasteiger partial charge is 0.490 e. The molecule has 2 aromatic heterocycles. The van der Waals surface area contributed by atoms with E-state index < -0.39 is 35.7 Å². The molecule has 6 aliphatic rings. The fraction of sp³-hybridized carbons (Fsp3) is 0.608. The molecule has 2 fully saturated rings. The predicted molar refractivity (Wildman–Crippen MR) is 259 cm³/mol. The lowest BCUT2D eigenvalue weighted by Gasteiger charge is -2.33. The number of aromatic nitrogens is 4. The maximum Gasteiger partial charge on any atom is 0.416 e. The van der Waals surface area contributed by atoms with Crippen molar-refractivity contribution in [3.8, 4) is 11.5 Å². The van der Waals surface area contributed by atoms with Crippen LogP contribution in [0.4, 0.5) is 58.9 Å². The molecule has 2 aromatic carbocycles. The van der Waals surface area contributed by atoms with Gasteiger partial charge in [0.15, 0.2) is 11.6 Å². The summed E-state index contributed by atoms with van der Waals surface area (Å²) in [5.74, 6) is 1.98. The van der Waals surface area contributed by atoms with E-state index in [9.17, 15) is 35.9 Å². The van der Waals surface area contributed by atoms with Crippen molar-refractivity contribution in [2.75, 3.05) is 76.6 Å². The zero-order valence-electron chi connectivity index (χ0n) is 42.6. The van der Waals surface area contributed by atoms with Crippen LogP contribution in [0, 0.1) is 13.8 Å². The SMILES string of the molecule is CC.CC.COC(=O)N1CCc2c(c(N3CCOc4cc(C)c(C(F)(F)F)cc43)nn2C2CCCCC2)C1.COC(=O)N1CCc2c(c(N3CCOc4cc(C)c(C(F)(F)F)cc43)nn2C2CCOCC2)C1. The minimum absolute atomic E-state index is 0.111. The van der Waals surface area contributed by atoms with Crippen LogP contribution in [-0.4, -0.2) is 108 Å². The van der Waals surface area contributed by atoms with E-state index in [0.717, 1.165) is 73.2 Å². The van der Waals surface area contributed by atoms with E-state index >= 15 is 0 Å². The van der Waals surface area contributed by atoms with E-state index in [0.29, 0.717) is 107 Å². The minimum atomic E-state index is -4.48. The second-order valence-corrected chi connectivity index (χ2v) is 18.1. The molecule has 396 valence electrons.